The summed E-state index contributed by atoms with van der Waals surface area (Å²) in [6.45, 7) is 5.17. The average Bonchev–Trinajstić information content (AvgIpc) is 3.33. The van der Waals surface area contributed by atoms with Crippen molar-refractivity contribution in [2.24, 2.45) is 0 Å². The summed E-state index contributed by atoms with van der Waals surface area (Å²) in [4.78, 5) is 16.4. The van der Waals surface area contributed by atoms with Crippen LogP contribution in [0.15, 0.2) is 34.9 Å². The second-order valence-corrected chi connectivity index (χ2v) is 7.96. The minimum atomic E-state index is -0.241. The summed E-state index contributed by atoms with van der Waals surface area (Å²) in [5, 5.41) is 16.9. The van der Waals surface area contributed by atoms with E-state index in [1.54, 1.807) is 36.5 Å². The van der Waals surface area contributed by atoms with Crippen molar-refractivity contribution >= 4 is 28.2 Å². The van der Waals surface area contributed by atoms with Crippen LogP contribution in [0.5, 0.6) is 0 Å². The van der Waals surface area contributed by atoms with Crippen LogP contribution >= 0.6 is 11.3 Å². The molecule has 0 saturated carbocycles. The highest BCUT2D eigenvalue weighted by molar-refractivity contribution is 7.15. The zero-order valence-corrected chi connectivity index (χ0v) is 16.8. The lowest BCUT2D eigenvalue weighted by Gasteiger charge is -2.33. The number of anilines is 2. The maximum atomic E-state index is 13.0. The lowest BCUT2D eigenvalue weighted by Crippen LogP contribution is -2.48. The molecule has 0 unspecified atom stereocenters. The van der Waals surface area contributed by atoms with E-state index in [1.807, 2.05) is 0 Å². The summed E-state index contributed by atoms with van der Waals surface area (Å²) in [6.07, 6.45) is 0.638. The van der Waals surface area contributed by atoms with Crippen LogP contribution < -0.4 is 10.2 Å². The second-order valence-electron chi connectivity index (χ2n) is 6.92. The third-order valence-electron chi connectivity index (χ3n) is 4.63. The van der Waals surface area contributed by atoms with E-state index in [-0.39, 0.29) is 11.7 Å². The third-order valence-corrected chi connectivity index (χ3v) is 5.61. The molecule has 1 fully saturated rings. The first-order valence-corrected chi connectivity index (χ1v) is 10.1. The molecule has 8 nitrogen and oxygen atoms in total. The maximum Gasteiger partial charge on any atom is 0.239 e. The summed E-state index contributed by atoms with van der Waals surface area (Å²) in [7, 11) is 0. The largest absolute Gasteiger partial charge is 0.360 e. The molecular weight excluding hydrogens is 395 g/mol. The number of piperazine rings is 1. The van der Waals surface area contributed by atoms with E-state index in [0.29, 0.717) is 24.5 Å². The van der Waals surface area contributed by atoms with Crippen molar-refractivity contribution in [1.29, 1.82) is 0 Å². The number of hydrogen-bond acceptors (Lipinski definition) is 8. The van der Waals surface area contributed by atoms with Crippen LogP contribution in [0.25, 0.3) is 0 Å². The normalized spacial score (nSPS) is 14.9. The van der Waals surface area contributed by atoms with Gasteiger partial charge in [0.05, 0.1) is 6.54 Å². The number of aromatic nitrogens is 3. The molecule has 2 aromatic heterocycles. The Labute approximate surface area is 171 Å². The van der Waals surface area contributed by atoms with E-state index in [2.05, 4.69) is 30.5 Å². The molecule has 1 amide bonds. The molecule has 152 valence electrons. The second kappa shape index (κ2) is 8.66. The van der Waals surface area contributed by atoms with Crippen LogP contribution in [0, 0.1) is 12.7 Å². The number of rotatable bonds is 6. The molecule has 0 aliphatic carbocycles. The Morgan fingerprint density at radius 3 is 2.66 bits per heavy atom. The summed E-state index contributed by atoms with van der Waals surface area (Å²) in [6, 6.07) is 8.13. The Morgan fingerprint density at radius 1 is 1.21 bits per heavy atom. The monoisotopic (exact) mass is 416 g/mol. The van der Waals surface area contributed by atoms with Crippen molar-refractivity contribution in [1.82, 2.24) is 20.3 Å². The van der Waals surface area contributed by atoms with Gasteiger partial charge in [-0.25, -0.2) is 4.39 Å². The Kier molecular flexibility index (Phi) is 5.81. The highest BCUT2D eigenvalue weighted by Gasteiger charge is 2.22. The number of halogens is 1. The molecular formula is C19H21FN6O2S. The molecule has 4 rings (SSSR count). The molecule has 0 bridgehead atoms. The fraction of sp³-hybridized carbons (Fsp3) is 0.368. The van der Waals surface area contributed by atoms with Crippen LogP contribution in [0.4, 0.5) is 15.3 Å². The Morgan fingerprint density at radius 2 is 1.97 bits per heavy atom. The zero-order chi connectivity index (χ0) is 20.2. The lowest BCUT2D eigenvalue weighted by atomic mass is 10.2. The first-order chi connectivity index (χ1) is 14.0. The number of nitrogens with one attached hydrogen (secondary N) is 1. The standard InChI is InChI=1S/C19H21FN6O2S/c1-13-10-16(24-28-13)21-17(27)12-25-6-8-26(9-7-25)19-23-22-18(29-19)11-14-2-4-15(20)5-3-14/h2-5,10H,6-9,11-12H2,1H3,(H,21,24,27). The van der Waals surface area contributed by atoms with Gasteiger partial charge in [0.25, 0.3) is 0 Å². The first-order valence-electron chi connectivity index (χ1n) is 9.32. The highest BCUT2D eigenvalue weighted by atomic mass is 32.1. The number of carbonyl (C=O) groups excluding carboxylic acids is 1. The van der Waals surface area contributed by atoms with Gasteiger partial charge in [-0.05, 0) is 24.6 Å². The number of benzene rings is 1. The molecule has 1 aliphatic rings. The molecule has 1 saturated heterocycles. The van der Waals surface area contributed by atoms with Gasteiger partial charge in [-0.15, -0.1) is 10.2 Å². The summed E-state index contributed by atoms with van der Waals surface area (Å²) in [5.74, 6) is 0.747. The minimum absolute atomic E-state index is 0.107. The summed E-state index contributed by atoms with van der Waals surface area (Å²) < 4.78 is 18.0. The number of amides is 1. The van der Waals surface area contributed by atoms with E-state index in [9.17, 15) is 9.18 Å². The molecule has 10 heteroatoms. The molecule has 29 heavy (non-hydrogen) atoms. The van der Waals surface area contributed by atoms with Gasteiger partial charge in [0, 0.05) is 38.7 Å². The van der Waals surface area contributed by atoms with Crippen LogP contribution in [-0.4, -0.2) is 58.9 Å². The van der Waals surface area contributed by atoms with E-state index >= 15 is 0 Å². The van der Waals surface area contributed by atoms with Gasteiger partial charge in [-0.2, -0.15) is 0 Å². The SMILES string of the molecule is Cc1cc(NC(=O)CN2CCN(c3nnc(Cc4ccc(F)cc4)s3)CC2)no1. The number of carbonyl (C=O) groups is 1. The van der Waals surface area contributed by atoms with Gasteiger partial charge in [-0.1, -0.05) is 28.6 Å². The van der Waals surface area contributed by atoms with Crippen molar-refractivity contribution in [3.63, 3.8) is 0 Å². The molecule has 3 heterocycles. The molecule has 0 atom stereocenters. The minimum Gasteiger partial charge on any atom is -0.360 e. The van der Waals surface area contributed by atoms with Gasteiger partial charge >= 0.3 is 0 Å². The predicted octanol–water partition coefficient (Wildman–Crippen LogP) is 2.33. The van der Waals surface area contributed by atoms with E-state index < -0.39 is 0 Å². The molecule has 1 aromatic carbocycles. The Hall–Kier alpha value is -2.85. The van der Waals surface area contributed by atoms with Crippen molar-refractivity contribution < 1.29 is 13.7 Å². The fourth-order valence-electron chi connectivity index (χ4n) is 3.13. The zero-order valence-electron chi connectivity index (χ0n) is 16.0. The van der Waals surface area contributed by atoms with E-state index in [4.69, 9.17) is 4.52 Å². The van der Waals surface area contributed by atoms with Crippen molar-refractivity contribution in [3.8, 4) is 0 Å². The van der Waals surface area contributed by atoms with Gasteiger partial charge in [-0.3, -0.25) is 9.69 Å². The molecule has 1 aliphatic heterocycles. The summed E-state index contributed by atoms with van der Waals surface area (Å²) in [5.41, 5.74) is 1.01. The molecule has 3 aromatic rings. The molecule has 0 spiro atoms. The van der Waals surface area contributed by atoms with Gasteiger partial charge in [0.1, 0.15) is 16.6 Å². The lowest BCUT2D eigenvalue weighted by molar-refractivity contribution is -0.117. The van der Waals surface area contributed by atoms with Crippen LogP contribution in [-0.2, 0) is 11.2 Å². The molecule has 0 radical (unpaired) electrons. The average molecular weight is 416 g/mol. The Balaban J connectivity index is 1.25. The fourth-order valence-corrected chi connectivity index (χ4v) is 4.05. The molecule has 1 N–H and O–H groups in total. The topological polar surface area (TPSA) is 87.4 Å². The van der Waals surface area contributed by atoms with Gasteiger partial charge < -0.3 is 14.7 Å². The van der Waals surface area contributed by atoms with Crippen LogP contribution in [0.1, 0.15) is 16.3 Å². The van der Waals surface area contributed by atoms with Gasteiger partial charge in [0.2, 0.25) is 11.0 Å². The first kappa shape index (κ1) is 19.5. The number of hydrogen-bond donors (Lipinski definition) is 1. The van der Waals surface area contributed by atoms with Crippen LogP contribution in [0.3, 0.4) is 0 Å². The Bertz CT molecular complexity index is 965. The van der Waals surface area contributed by atoms with Gasteiger partial charge in [0.15, 0.2) is 5.82 Å². The predicted molar refractivity (Wildman–Crippen MR) is 108 cm³/mol. The van der Waals surface area contributed by atoms with Crippen molar-refractivity contribution in [2.75, 3.05) is 42.9 Å². The highest BCUT2D eigenvalue weighted by Crippen LogP contribution is 2.23. The van der Waals surface area contributed by atoms with E-state index in [1.165, 1.54) is 12.1 Å². The van der Waals surface area contributed by atoms with Crippen LogP contribution in [0.2, 0.25) is 0 Å². The van der Waals surface area contributed by atoms with Crippen molar-refractivity contribution in [2.45, 2.75) is 13.3 Å². The number of aryl methyl sites for hydroxylation is 1. The smallest absolute Gasteiger partial charge is 0.239 e. The quantitative estimate of drug-likeness (QED) is 0.660. The summed E-state index contributed by atoms with van der Waals surface area (Å²) >= 11 is 1.55. The third kappa shape index (κ3) is 5.15. The number of nitrogens with zero attached hydrogens (tertiary/aromatic N) is 5. The van der Waals surface area contributed by atoms with E-state index in [0.717, 1.165) is 41.9 Å². The van der Waals surface area contributed by atoms with Crippen molar-refractivity contribution in [3.05, 3.63) is 52.5 Å². The maximum absolute atomic E-state index is 13.0.